The van der Waals surface area contributed by atoms with Crippen molar-refractivity contribution in [3.63, 3.8) is 0 Å². The summed E-state index contributed by atoms with van der Waals surface area (Å²) >= 11 is 0. The van der Waals surface area contributed by atoms with Crippen molar-refractivity contribution in [1.82, 2.24) is 4.90 Å². The van der Waals surface area contributed by atoms with E-state index in [9.17, 15) is 9.59 Å². The molecule has 1 N–H and O–H groups in total. The number of carboxylic acid groups (broad SMARTS) is 1. The van der Waals surface area contributed by atoms with E-state index in [4.69, 9.17) is 9.84 Å². The van der Waals surface area contributed by atoms with E-state index in [0.717, 1.165) is 19.5 Å². The first-order valence-electron chi connectivity index (χ1n) is 7.19. The van der Waals surface area contributed by atoms with Crippen LogP contribution in [-0.2, 0) is 4.79 Å². The van der Waals surface area contributed by atoms with Crippen LogP contribution in [0, 0.1) is 11.8 Å². The summed E-state index contributed by atoms with van der Waals surface area (Å²) in [5, 5.41) is 8.62. The first kappa shape index (κ1) is 15.4. The summed E-state index contributed by atoms with van der Waals surface area (Å²) < 4.78 is 5.12. The highest BCUT2D eigenvalue weighted by Crippen LogP contribution is 2.23. The Balaban J connectivity index is 2.08. The molecule has 0 aliphatic carbocycles. The molecule has 1 fully saturated rings. The van der Waals surface area contributed by atoms with Crippen LogP contribution < -0.4 is 4.74 Å². The molecular formula is C16H21NO4. The van der Waals surface area contributed by atoms with Gasteiger partial charge in [0.25, 0.3) is 5.91 Å². The Hall–Kier alpha value is -2.04. The van der Waals surface area contributed by atoms with Crippen molar-refractivity contribution in [3.8, 4) is 5.75 Å². The van der Waals surface area contributed by atoms with E-state index < -0.39 is 12.6 Å². The normalized spacial score (nSPS) is 21.9. The van der Waals surface area contributed by atoms with Crippen molar-refractivity contribution in [2.45, 2.75) is 20.3 Å². The maximum absolute atomic E-state index is 12.5. The second-order valence-corrected chi connectivity index (χ2v) is 5.87. The Morgan fingerprint density at radius 1 is 1.29 bits per heavy atom. The van der Waals surface area contributed by atoms with Gasteiger partial charge < -0.3 is 14.7 Å². The third-order valence-electron chi connectivity index (χ3n) is 3.60. The summed E-state index contributed by atoms with van der Waals surface area (Å²) in [6.45, 7) is 5.44. The van der Waals surface area contributed by atoms with E-state index >= 15 is 0 Å². The third-order valence-corrected chi connectivity index (χ3v) is 3.60. The Kier molecular flexibility index (Phi) is 4.83. The van der Waals surface area contributed by atoms with Gasteiger partial charge in [0.15, 0.2) is 6.61 Å². The van der Waals surface area contributed by atoms with Crippen molar-refractivity contribution in [1.29, 1.82) is 0 Å². The molecule has 5 heteroatoms. The number of amides is 1. The molecule has 0 aromatic heterocycles. The lowest BCUT2D eigenvalue weighted by Crippen LogP contribution is -2.42. The van der Waals surface area contributed by atoms with Gasteiger partial charge in [0.05, 0.1) is 0 Å². The van der Waals surface area contributed by atoms with Crippen LogP contribution in [0.15, 0.2) is 24.3 Å². The van der Waals surface area contributed by atoms with Gasteiger partial charge in [0.2, 0.25) is 0 Å². The maximum Gasteiger partial charge on any atom is 0.341 e. The van der Waals surface area contributed by atoms with Crippen LogP contribution in [0.2, 0.25) is 0 Å². The van der Waals surface area contributed by atoms with Crippen LogP contribution in [0.5, 0.6) is 5.75 Å². The standard InChI is InChI=1S/C16H21NO4/c1-11-6-12(2)9-17(8-11)16(20)13-4-3-5-14(7-13)21-10-15(18)19/h3-5,7,11-12H,6,8-10H2,1-2H3,(H,18,19). The van der Waals surface area contributed by atoms with Gasteiger partial charge >= 0.3 is 5.97 Å². The highest BCUT2D eigenvalue weighted by Gasteiger charge is 2.26. The van der Waals surface area contributed by atoms with Crippen LogP contribution in [0.1, 0.15) is 30.6 Å². The number of nitrogens with zero attached hydrogens (tertiary/aromatic N) is 1. The summed E-state index contributed by atoms with van der Waals surface area (Å²) in [5.74, 6) is 0.356. The highest BCUT2D eigenvalue weighted by atomic mass is 16.5. The molecule has 1 heterocycles. The molecule has 2 unspecified atom stereocenters. The quantitative estimate of drug-likeness (QED) is 0.924. The molecule has 0 spiro atoms. The molecule has 0 radical (unpaired) electrons. The summed E-state index contributed by atoms with van der Waals surface area (Å²) in [7, 11) is 0. The Morgan fingerprint density at radius 2 is 1.95 bits per heavy atom. The number of carbonyl (C=O) groups excluding carboxylic acids is 1. The van der Waals surface area contributed by atoms with Crippen molar-refractivity contribution < 1.29 is 19.4 Å². The van der Waals surface area contributed by atoms with Gasteiger partial charge in [-0.1, -0.05) is 19.9 Å². The van der Waals surface area contributed by atoms with Crippen LogP contribution >= 0.6 is 0 Å². The molecule has 2 atom stereocenters. The number of benzene rings is 1. The SMILES string of the molecule is CC1CC(C)CN(C(=O)c2cccc(OCC(=O)O)c2)C1. The van der Waals surface area contributed by atoms with Crippen LogP contribution in [0.25, 0.3) is 0 Å². The number of likely N-dealkylation sites (tertiary alicyclic amines) is 1. The predicted molar refractivity (Wildman–Crippen MR) is 78.4 cm³/mol. The Morgan fingerprint density at radius 3 is 2.57 bits per heavy atom. The average molecular weight is 291 g/mol. The molecule has 21 heavy (non-hydrogen) atoms. The number of carbonyl (C=O) groups is 2. The van der Waals surface area contributed by atoms with Gasteiger partial charge in [-0.15, -0.1) is 0 Å². The molecule has 114 valence electrons. The summed E-state index contributed by atoms with van der Waals surface area (Å²) in [5.41, 5.74) is 0.541. The molecule has 5 nitrogen and oxygen atoms in total. The number of carboxylic acids is 1. The minimum Gasteiger partial charge on any atom is -0.482 e. The van der Waals surface area contributed by atoms with Gasteiger partial charge in [-0.05, 0) is 36.5 Å². The third kappa shape index (κ3) is 4.21. The summed E-state index contributed by atoms with van der Waals surface area (Å²) in [6.07, 6.45) is 1.14. The predicted octanol–water partition coefficient (Wildman–Crippen LogP) is 2.27. The summed E-state index contributed by atoms with van der Waals surface area (Å²) in [6, 6.07) is 6.71. The monoisotopic (exact) mass is 291 g/mol. The van der Waals surface area contributed by atoms with E-state index in [1.165, 1.54) is 0 Å². The lowest BCUT2D eigenvalue weighted by atomic mass is 9.91. The molecule has 1 saturated heterocycles. The first-order chi connectivity index (χ1) is 9.95. The fourth-order valence-electron chi connectivity index (χ4n) is 2.88. The number of hydrogen-bond donors (Lipinski definition) is 1. The minimum absolute atomic E-state index is 0.0193. The van der Waals surface area contributed by atoms with Gasteiger partial charge in [-0.2, -0.15) is 0 Å². The zero-order chi connectivity index (χ0) is 15.4. The van der Waals surface area contributed by atoms with Crippen LogP contribution in [-0.4, -0.2) is 41.6 Å². The number of aliphatic carboxylic acids is 1. The molecule has 1 amide bonds. The van der Waals surface area contributed by atoms with Crippen molar-refractivity contribution in [3.05, 3.63) is 29.8 Å². The van der Waals surface area contributed by atoms with Gasteiger partial charge in [-0.3, -0.25) is 4.79 Å². The molecular weight excluding hydrogens is 270 g/mol. The zero-order valence-corrected chi connectivity index (χ0v) is 12.4. The smallest absolute Gasteiger partial charge is 0.341 e. The fraction of sp³-hybridized carbons (Fsp3) is 0.500. The van der Waals surface area contributed by atoms with E-state index in [-0.39, 0.29) is 5.91 Å². The van der Waals surface area contributed by atoms with E-state index in [2.05, 4.69) is 13.8 Å². The van der Waals surface area contributed by atoms with Crippen molar-refractivity contribution in [2.75, 3.05) is 19.7 Å². The van der Waals surface area contributed by atoms with Crippen LogP contribution in [0.4, 0.5) is 0 Å². The fourth-order valence-corrected chi connectivity index (χ4v) is 2.88. The number of rotatable bonds is 4. The summed E-state index contributed by atoms with van der Waals surface area (Å²) in [4.78, 5) is 24.9. The Bertz CT molecular complexity index is 519. The average Bonchev–Trinajstić information content (AvgIpc) is 2.43. The van der Waals surface area contributed by atoms with Crippen LogP contribution in [0.3, 0.4) is 0 Å². The van der Waals surface area contributed by atoms with E-state index in [1.54, 1.807) is 24.3 Å². The second-order valence-electron chi connectivity index (χ2n) is 5.87. The second kappa shape index (κ2) is 6.61. The number of hydrogen-bond acceptors (Lipinski definition) is 3. The molecule has 1 aromatic carbocycles. The molecule has 1 aliphatic rings. The molecule has 0 saturated carbocycles. The van der Waals surface area contributed by atoms with Gasteiger partial charge in [0, 0.05) is 18.7 Å². The molecule has 1 aromatic rings. The van der Waals surface area contributed by atoms with E-state index in [1.807, 2.05) is 4.90 Å². The lowest BCUT2D eigenvalue weighted by Gasteiger charge is -2.35. The zero-order valence-electron chi connectivity index (χ0n) is 12.4. The van der Waals surface area contributed by atoms with E-state index in [0.29, 0.717) is 23.1 Å². The molecule has 2 rings (SSSR count). The molecule has 0 bridgehead atoms. The van der Waals surface area contributed by atoms with Gasteiger partial charge in [0.1, 0.15) is 5.75 Å². The first-order valence-corrected chi connectivity index (χ1v) is 7.19. The Labute approximate surface area is 124 Å². The number of piperidine rings is 1. The largest absolute Gasteiger partial charge is 0.482 e. The topological polar surface area (TPSA) is 66.8 Å². The number of ether oxygens (including phenoxy) is 1. The minimum atomic E-state index is -1.04. The molecule has 1 aliphatic heterocycles. The highest BCUT2D eigenvalue weighted by molar-refractivity contribution is 5.94. The van der Waals surface area contributed by atoms with Crippen molar-refractivity contribution >= 4 is 11.9 Å². The van der Waals surface area contributed by atoms with Crippen molar-refractivity contribution in [2.24, 2.45) is 11.8 Å². The van der Waals surface area contributed by atoms with Gasteiger partial charge in [-0.25, -0.2) is 4.79 Å². The lowest BCUT2D eigenvalue weighted by molar-refractivity contribution is -0.139. The maximum atomic E-state index is 12.5.